The maximum Gasteiger partial charge on any atom is 0.246 e. The Balaban J connectivity index is 1.82. The van der Waals surface area contributed by atoms with Crippen LogP contribution in [-0.4, -0.2) is 75.7 Å². The van der Waals surface area contributed by atoms with E-state index in [1.807, 2.05) is 24.3 Å². The van der Waals surface area contributed by atoms with Crippen molar-refractivity contribution in [1.82, 2.24) is 20.9 Å². The number of aliphatic hydroxyl groups excluding tert-OH is 1. The summed E-state index contributed by atoms with van der Waals surface area (Å²) in [7, 11) is 0. The fraction of sp³-hybridized carbons (Fsp3) is 0.645. The quantitative estimate of drug-likeness (QED) is 0.299. The van der Waals surface area contributed by atoms with E-state index in [0.717, 1.165) is 12.0 Å². The Hall–Kier alpha value is -3.27. The number of nitrogens with one attached hydrogen (secondary N) is 3. The molecule has 0 bridgehead atoms. The normalized spacial score (nSPS) is 26.3. The van der Waals surface area contributed by atoms with E-state index in [1.54, 1.807) is 18.7 Å². The Morgan fingerprint density at radius 2 is 1.68 bits per heavy atom. The lowest BCUT2D eigenvalue weighted by atomic mass is 9.94. The van der Waals surface area contributed by atoms with Gasteiger partial charge in [-0.05, 0) is 63.5 Å². The van der Waals surface area contributed by atoms with Crippen LogP contribution in [0.5, 0.6) is 0 Å². The first-order valence-electron chi connectivity index (χ1n) is 15.0. The number of unbranched alkanes of at least 4 members (excludes halogenated alkanes) is 2. The van der Waals surface area contributed by atoms with Crippen molar-refractivity contribution in [2.24, 2.45) is 0 Å². The summed E-state index contributed by atoms with van der Waals surface area (Å²) >= 11 is 0. The molecule has 2 fully saturated rings. The van der Waals surface area contributed by atoms with E-state index in [2.05, 4.69) is 22.9 Å². The number of carbonyl (C=O) groups excluding carboxylic acids is 5. The van der Waals surface area contributed by atoms with Crippen molar-refractivity contribution in [3.05, 3.63) is 35.4 Å². The molecule has 3 rings (SSSR count). The largest absolute Gasteiger partial charge is 0.386 e. The van der Waals surface area contributed by atoms with E-state index in [9.17, 15) is 29.1 Å². The Labute approximate surface area is 243 Å². The molecule has 1 aromatic rings. The predicted molar refractivity (Wildman–Crippen MR) is 155 cm³/mol. The highest BCUT2D eigenvalue weighted by molar-refractivity contribution is 5.99. The highest BCUT2D eigenvalue weighted by Gasteiger charge is 2.43. The van der Waals surface area contributed by atoms with Crippen LogP contribution < -0.4 is 16.0 Å². The highest BCUT2D eigenvalue weighted by Crippen LogP contribution is 2.22. The number of nitrogens with zero attached hydrogens (tertiary/aromatic N) is 1. The van der Waals surface area contributed by atoms with E-state index in [1.165, 1.54) is 12.5 Å². The summed E-state index contributed by atoms with van der Waals surface area (Å²) in [5.41, 5.74) is 0.770. The minimum absolute atomic E-state index is 0.228. The number of hydrogen-bond acceptors (Lipinski definition) is 6. The fourth-order valence-electron chi connectivity index (χ4n) is 5.40. The maximum atomic E-state index is 13.9. The molecule has 2 aliphatic rings. The molecular formula is C31H46N4O6. The monoisotopic (exact) mass is 570 g/mol. The van der Waals surface area contributed by atoms with Crippen molar-refractivity contribution < 1.29 is 29.1 Å². The van der Waals surface area contributed by atoms with E-state index in [-0.39, 0.29) is 36.9 Å². The molecule has 10 nitrogen and oxygen atoms in total. The van der Waals surface area contributed by atoms with Crippen LogP contribution in [0.25, 0.3) is 0 Å². The number of aryl methyl sites for hydroxylation is 1. The van der Waals surface area contributed by atoms with Crippen molar-refractivity contribution in [3.8, 4) is 0 Å². The molecule has 4 N–H and O–H groups in total. The number of rotatable bonds is 11. The second kappa shape index (κ2) is 14.6. The van der Waals surface area contributed by atoms with Gasteiger partial charge >= 0.3 is 0 Å². The number of ketones is 1. The number of Topliss-reactive ketones (excluding diaryl/α,β-unsaturated/α-hetero) is 1. The molecule has 0 aliphatic carbocycles. The van der Waals surface area contributed by atoms with Gasteiger partial charge in [-0.3, -0.25) is 24.0 Å². The zero-order chi connectivity index (χ0) is 30.2. The molecule has 2 saturated heterocycles. The zero-order valence-corrected chi connectivity index (χ0v) is 24.8. The van der Waals surface area contributed by atoms with Crippen molar-refractivity contribution >= 4 is 29.4 Å². The molecule has 1 aromatic carbocycles. The van der Waals surface area contributed by atoms with Gasteiger partial charge in [-0.15, -0.1) is 0 Å². The van der Waals surface area contributed by atoms with E-state index in [0.29, 0.717) is 45.1 Å². The van der Waals surface area contributed by atoms with Gasteiger partial charge in [0, 0.05) is 19.4 Å². The first kappa shape index (κ1) is 32.2. The topological polar surface area (TPSA) is 145 Å². The van der Waals surface area contributed by atoms with Crippen LogP contribution in [0.3, 0.4) is 0 Å². The molecule has 0 radical (unpaired) electrons. The van der Waals surface area contributed by atoms with Crippen LogP contribution in [0.4, 0.5) is 0 Å². The van der Waals surface area contributed by atoms with Gasteiger partial charge in [-0.1, -0.05) is 51.0 Å². The minimum Gasteiger partial charge on any atom is -0.386 e. The average Bonchev–Trinajstić information content (AvgIpc) is 3.45. The summed E-state index contributed by atoms with van der Waals surface area (Å²) in [4.78, 5) is 67.6. The zero-order valence-electron chi connectivity index (χ0n) is 24.8. The van der Waals surface area contributed by atoms with Crippen LogP contribution >= 0.6 is 0 Å². The summed E-state index contributed by atoms with van der Waals surface area (Å²) in [5, 5.41) is 18.0. The number of fused-ring (bicyclic) bond motifs is 1. The standard InChI is InChI=1S/C31H46N4O6/c1-5-21-14-16-22(17-15-21)19-24-29(40)35-18-10-12-25(35)28(39)32-23(11-8-7-9-13-26(37)20(3)36)27(38)34-31(4,6-2)30(41)33-24/h14-17,20,23-25,36H,5-13,18-19H2,1-4H3,(H,32,39)(H,33,41)(H,34,38)/t20-,23+,24+,25-,31+/m1/s1. The van der Waals surface area contributed by atoms with Crippen LogP contribution in [0, 0.1) is 0 Å². The Morgan fingerprint density at radius 3 is 2.32 bits per heavy atom. The number of aliphatic hydroxyl groups is 1. The number of amides is 4. The third-order valence-corrected chi connectivity index (χ3v) is 8.44. The molecule has 2 heterocycles. The molecule has 0 aromatic heterocycles. The van der Waals surface area contributed by atoms with Crippen LogP contribution in [-0.2, 0) is 36.8 Å². The molecule has 4 amide bonds. The molecule has 5 atom stereocenters. The second-order valence-corrected chi connectivity index (χ2v) is 11.6. The number of carbonyl (C=O) groups is 5. The van der Waals surface area contributed by atoms with Gasteiger partial charge in [0.1, 0.15) is 29.8 Å². The molecule has 0 unspecified atom stereocenters. The summed E-state index contributed by atoms with van der Waals surface area (Å²) in [6, 6.07) is 5.42. The smallest absolute Gasteiger partial charge is 0.246 e. The third kappa shape index (κ3) is 8.38. The number of hydrogen-bond donors (Lipinski definition) is 4. The SMILES string of the molecule is CCc1ccc(C[C@@H]2NC(=O)[C@](C)(CC)NC(=O)[C@H](CCCCCC(=O)[C@@H](C)O)NC(=O)[C@H]3CCCN3C2=O)cc1. The predicted octanol–water partition coefficient (Wildman–Crippen LogP) is 1.95. The fourth-order valence-corrected chi connectivity index (χ4v) is 5.40. The summed E-state index contributed by atoms with van der Waals surface area (Å²) in [5.74, 6) is -1.82. The highest BCUT2D eigenvalue weighted by atomic mass is 16.3. The molecule has 2 aliphatic heterocycles. The molecule has 0 spiro atoms. The molecular weight excluding hydrogens is 524 g/mol. The number of benzene rings is 1. The first-order chi connectivity index (χ1) is 19.5. The molecule has 226 valence electrons. The molecule has 0 saturated carbocycles. The van der Waals surface area contributed by atoms with Crippen molar-refractivity contribution in [3.63, 3.8) is 0 Å². The Bertz CT molecular complexity index is 1100. The average molecular weight is 571 g/mol. The second-order valence-electron chi connectivity index (χ2n) is 11.6. The van der Waals surface area contributed by atoms with Gasteiger partial charge in [-0.2, -0.15) is 0 Å². The van der Waals surface area contributed by atoms with E-state index < -0.39 is 41.6 Å². The minimum atomic E-state index is -1.29. The van der Waals surface area contributed by atoms with Crippen molar-refractivity contribution in [2.75, 3.05) is 6.54 Å². The molecule has 41 heavy (non-hydrogen) atoms. The summed E-state index contributed by atoms with van der Waals surface area (Å²) in [6.45, 7) is 7.32. The summed E-state index contributed by atoms with van der Waals surface area (Å²) < 4.78 is 0. The lowest BCUT2D eigenvalue weighted by Gasteiger charge is -2.36. The first-order valence-corrected chi connectivity index (χ1v) is 15.0. The van der Waals surface area contributed by atoms with Gasteiger partial charge in [0.25, 0.3) is 0 Å². The Morgan fingerprint density at radius 1 is 1.00 bits per heavy atom. The van der Waals surface area contributed by atoms with Crippen molar-refractivity contribution in [1.29, 1.82) is 0 Å². The summed E-state index contributed by atoms with van der Waals surface area (Å²) in [6.07, 6.45) is 3.90. The van der Waals surface area contributed by atoms with Crippen LogP contribution in [0.15, 0.2) is 24.3 Å². The molecule has 10 heteroatoms. The van der Waals surface area contributed by atoms with Crippen LogP contribution in [0.2, 0.25) is 0 Å². The Kier molecular flexibility index (Phi) is 11.5. The third-order valence-electron chi connectivity index (χ3n) is 8.44. The lowest BCUT2D eigenvalue weighted by molar-refractivity contribution is -0.144. The van der Waals surface area contributed by atoms with E-state index >= 15 is 0 Å². The van der Waals surface area contributed by atoms with Gasteiger partial charge in [0.05, 0.1) is 0 Å². The van der Waals surface area contributed by atoms with Gasteiger partial charge < -0.3 is 26.0 Å². The lowest BCUT2D eigenvalue weighted by Crippen LogP contribution is -2.65. The van der Waals surface area contributed by atoms with Gasteiger partial charge in [0.15, 0.2) is 5.78 Å². The maximum absolute atomic E-state index is 13.9. The van der Waals surface area contributed by atoms with E-state index in [4.69, 9.17) is 0 Å². The van der Waals surface area contributed by atoms with Crippen molar-refractivity contribution in [2.45, 2.75) is 122 Å². The van der Waals surface area contributed by atoms with Gasteiger partial charge in [-0.25, -0.2) is 0 Å². The van der Waals surface area contributed by atoms with Crippen LogP contribution in [0.1, 0.15) is 90.2 Å². The van der Waals surface area contributed by atoms with Gasteiger partial charge in [0.2, 0.25) is 23.6 Å².